The Balaban J connectivity index is 2.63. The zero-order valence-corrected chi connectivity index (χ0v) is 11.2. The maximum atomic E-state index is 11.8. The summed E-state index contributed by atoms with van der Waals surface area (Å²) in [6, 6.07) is 7.48. The van der Waals surface area contributed by atoms with Crippen LogP contribution in [0, 0.1) is 0 Å². The van der Waals surface area contributed by atoms with Gasteiger partial charge in [0.2, 0.25) is 0 Å². The fraction of sp³-hybridized carbons (Fsp3) is 0.538. The Morgan fingerprint density at radius 1 is 1.35 bits per heavy atom. The number of benzene rings is 1. The van der Waals surface area contributed by atoms with E-state index < -0.39 is 16.9 Å². The average molecular weight is 255 g/mol. The molecule has 0 aliphatic heterocycles. The number of hydrogen-bond acceptors (Lipinski definition) is 3. The molecule has 0 bridgehead atoms. The lowest BCUT2D eigenvalue weighted by atomic mass is 10.1. The first-order chi connectivity index (χ1) is 8.08. The van der Waals surface area contributed by atoms with Gasteiger partial charge in [-0.3, -0.25) is 4.21 Å². The maximum Gasteiger partial charge on any atom is 0.0905 e. The van der Waals surface area contributed by atoms with Crippen LogP contribution in [0.5, 0.6) is 0 Å². The molecule has 3 nitrogen and oxygen atoms in total. The smallest absolute Gasteiger partial charge is 0.0905 e. The molecule has 0 radical (unpaired) electrons. The highest BCUT2D eigenvalue weighted by atomic mass is 32.2. The van der Waals surface area contributed by atoms with E-state index in [0.29, 0.717) is 12.3 Å². The molecule has 0 spiro atoms. The van der Waals surface area contributed by atoms with Crippen molar-refractivity contribution >= 4 is 10.8 Å². The Morgan fingerprint density at radius 2 is 1.94 bits per heavy atom. The number of nitrogens with two attached hydrogens (primary N) is 1. The second kappa shape index (κ2) is 6.89. The van der Waals surface area contributed by atoms with Gasteiger partial charge in [-0.1, -0.05) is 38.1 Å². The topological polar surface area (TPSA) is 63.3 Å². The van der Waals surface area contributed by atoms with Crippen molar-refractivity contribution in [2.45, 2.75) is 38.2 Å². The van der Waals surface area contributed by atoms with Crippen molar-refractivity contribution in [3.63, 3.8) is 0 Å². The first kappa shape index (κ1) is 14.4. The molecule has 1 rings (SSSR count). The van der Waals surface area contributed by atoms with Crippen molar-refractivity contribution in [2.75, 3.05) is 5.75 Å². The molecule has 0 aliphatic rings. The quantitative estimate of drug-likeness (QED) is 0.813. The monoisotopic (exact) mass is 255 g/mol. The van der Waals surface area contributed by atoms with Gasteiger partial charge in [-0.2, -0.15) is 0 Å². The predicted octanol–water partition coefficient (Wildman–Crippen LogP) is 1.73. The Labute approximate surface area is 105 Å². The molecule has 0 heterocycles. The van der Waals surface area contributed by atoms with Gasteiger partial charge >= 0.3 is 0 Å². The van der Waals surface area contributed by atoms with Crippen molar-refractivity contribution in [3.8, 4) is 0 Å². The average Bonchev–Trinajstić information content (AvgIpc) is 2.37. The first-order valence-corrected chi connectivity index (χ1v) is 7.30. The van der Waals surface area contributed by atoms with Gasteiger partial charge in [0.05, 0.1) is 11.9 Å². The van der Waals surface area contributed by atoms with E-state index in [0.717, 1.165) is 17.5 Å². The van der Waals surface area contributed by atoms with Crippen LogP contribution in [0.4, 0.5) is 0 Å². The van der Waals surface area contributed by atoms with E-state index in [4.69, 9.17) is 5.73 Å². The molecule has 1 aromatic rings. The van der Waals surface area contributed by atoms with Crippen molar-refractivity contribution in [3.05, 3.63) is 35.4 Å². The first-order valence-electron chi connectivity index (χ1n) is 5.92. The third-order valence-corrected chi connectivity index (χ3v) is 4.82. The third kappa shape index (κ3) is 4.22. The summed E-state index contributed by atoms with van der Waals surface area (Å²) in [5.74, 6) is 0.303. The SMILES string of the molecule is CCC(C)S(=O)CC(O)c1ccc(CN)cc1. The molecule has 4 heteroatoms. The van der Waals surface area contributed by atoms with Crippen LogP contribution in [0.1, 0.15) is 37.5 Å². The highest BCUT2D eigenvalue weighted by Gasteiger charge is 2.15. The van der Waals surface area contributed by atoms with Gasteiger partial charge < -0.3 is 10.8 Å². The number of aliphatic hydroxyl groups is 1. The number of hydrogen-bond donors (Lipinski definition) is 2. The van der Waals surface area contributed by atoms with E-state index in [1.54, 1.807) is 0 Å². The van der Waals surface area contributed by atoms with Crippen LogP contribution in [0.25, 0.3) is 0 Å². The fourth-order valence-corrected chi connectivity index (χ4v) is 2.68. The second-order valence-corrected chi connectivity index (χ2v) is 6.13. The molecule has 96 valence electrons. The summed E-state index contributed by atoms with van der Waals surface area (Å²) >= 11 is 0. The summed E-state index contributed by atoms with van der Waals surface area (Å²) in [5, 5.41) is 10.1. The van der Waals surface area contributed by atoms with E-state index in [1.165, 1.54) is 0 Å². The maximum absolute atomic E-state index is 11.8. The van der Waals surface area contributed by atoms with E-state index in [-0.39, 0.29) is 5.25 Å². The molecule has 3 atom stereocenters. The minimum absolute atomic E-state index is 0.132. The van der Waals surface area contributed by atoms with Crippen LogP contribution in [0.2, 0.25) is 0 Å². The molecule has 0 fully saturated rings. The van der Waals surface area contributed by atoms with Crippen molar-refractivity contribution in [1.82, 2.24) is 0 Å². The molecular weight excluding hydrogens is 234 g/mol. The summed E-state index contributed by atoms with van der Waals surface area (Å²) in [4.78, 5) is 0. The summed E-state index contributed by atoms with van der Waals surface area (Å²) in [6.07, 6.45) is 0.211. The van der Waals surface area contributed by atoms with Crippen LogP contribution in [-0.4, -0.2) is 20.3 Å². The molecular formula is C13H21NO2S. The molecule has 3 unspecified atom stereocenters. The van der Waals surface area contributed by atoms with Crippen LogP contribution in [-0.2, 0) is 17.3 Å². The van der Waals surface area contributed by atoms with Gasteiger partial charge in [0.15, 0.2) is 0 Å². The molecule has 0 aliphatic carbocycles. The van der Waals surface area contributed by atoms with E-state index in [1.807, 2.05) is 38.1 Å². The number of aliphatic hydroxyl groups excluding tert-OH is 1. The van der Waals surface area contributed by atoms with Gasteiger partial charge in [0, 0.05) is 22.6 Å². The molecule has 3 N–H and O–H groups in total. The molecule has 17 heavy (non-hydrogen) atoms. The summed E-state index contributed by atoms with van der Waals surface area (Å²) < 4.78 is 11.8. The Hall–Kier alpha value is -0.710. The fourth-order valence-electron chi connectivity index (χ4n) is 1.48. The van der Waals surface area contributed by atoms with Crippen LogP contribution < -0.4 is 5.73 Å². The molecule has 0 saturated heterocycles. The highest BCUT2D eigenvalue weighted by molar-refractivity contribution is 7.85. The van der Waals surface area contributed by atoms with E-state index >= 15 is 0 Å². The zero-order valence-electron chi connectivity index (χ0n) is 10.4. The minimum Gasteiger partial charge on any atom is -0.387 e. The van der Waals surface area contributed by atoms with E-state index in [2.05, 4.69) is 0 Å². The number of rotatable bonds is 6. The normalized spacial score (nSPS) is 16.5. The minimum atomic E-state index is -0.977. The molecule has 0 aromatic heterocycles. The predicted molar refractivity (Wildman–Crippen MR) is 72.1 cm³/mol. The van der Waals surface area contributed by atoms with Gasteiger partial charge in [-0.15, -0.1) is 0 Å². The summed E-state index contributed by atoms with van der Waals surface area (Å²) in [7, 11) is -0.977. The zero-order chi connectivity index (χ0) is 12.8. The van der Waals surface area contributed by atoms with Gasteiger partial charge in [0.25, 0.3) is 0 Å². The lowest BCUT2D eigenvalue weighted by Gasteiger charge is -2.14. The van der Waals surface area contributed by atoms with Crippen LogP contribution >= 0.6 is 0 Å². The largest absolute Gasteiger partial charge is 0.387 e. The molecule has 0 saturated carbocycles. The van der Waals surface area contributed by atoms with Crippen molar-refractivity contribution < 1.29 is 9.32 Å². The lowest BCUT2D eigenvalue weighted by molar-refractivity contribution is 0.202. The summed E-state index contributed by atoms with van der Waals surface area (Å²) in [5.41, 5.74) is 7.34. The Bertz CT molecular complexity index is 364. The van der Waals surface area contributed by atoms with Gasteiger partial charge in [-0.05, 0) is 17.5 Å². The van der Waals surface area contributed by atoms with E-state index in [9.17, 15) is 9.32 Å². The molecule has 1 aromatic carbocycles. The van der Waals surface area contributed by atoms with Crippen molar-refractivity contribution in [1.29, 1.82) is 0 Å². The van der Waals surface area contributed by atoms with Gasteiger partial charge in [0.1, 0.15) is 0 Å². The second-order valence-electron chi connectivity index (χ2n) is 4.23. The molecule has 0 amide bonds. The Kier molecular flexibility index (Phi) is 5.82. The highest BCUT2D eigenvalue weighted by Crippen LogP contribution is 2.16. The van der Waals surface area contributed by atoms with Crippen LogP contribution in [0.15, 0.2) is 24.3 Å². The standard InChI is InChI=1S/C13H21NO2S/c1-3-10(2)17(16)9-13(15)12-6-4-11(8-14)5-7-12/h4-7,10,13,15H,3,8-9,14H2,1-2H3. The lowest BCUT2D eigenvalue weighted by Crippen LogP contribution is -2.17. The Morgan fingerprint density at radius 3 is 2.41 bits per heavy atom. The summed E-state index contributed by atoms with van der Waals surface area (Å²) in [6.45, 7) is 4.44. The van der Waals surface area contributed by atoms with Gasteiger partial charge in [-0.25, -0.2) is 0 Å². The van der Waals surface area contributed by atoms with Crippen molar-refractivity contribution in [2.24, 2.45) is 5.73 Å². The van der Waals surface area contributed by atoms with Crippen LogP contribution in [0.3, 0.4) is 0 Å². The third-order valence-electron chi connectivity index (χ3n) is 2.95.